The Hall–Kier alpha value is -0.760. The molecule has 0 aliphatic carbocycles. The maximum Gasteiger partial charge on any atom is 0.0892 e. The molecule has 0 spiro atoms. The number of rotatable bonds is 8. The predicted molar refractivity (Wildman–Crippen MR) is 76.5 cm³/mol. The van der Waals surface area contributed by atoms with Crippen LogP contribution in [0.2, 0.25) is 0 Å². The summed E-state index contributed by atoms with van der Waals surface area (Å²) in [7, 11) is 1.67. The van der Waals surface area contributed by atoms with Crippen molar-refractivity contribution in [3.05, 3.63) is 24.0 Å². The van der Waals surface area contributed by atoms with Crippen LogP contribution in [0.1, 0.15) is 53.4 Å². The normalized spacial score (nSPS) is 24.3. The lowest BCUT2D eigenvalue weighted by Gasteiger charge is -2.09. The van der Waals surface area contributed by atoms with Gasteiger partial charge in [-0.3, -0.25) is 0 Å². The molecule has 2 unspecified atom stereocenters. The van der Waals surface area contributed by atoms with Crippen LogP contribution in [0.5, 0.6) is 0 Å². The molecule has 2 atom stereocenters. The topological polar surface area (TPSA) is 21.8 Å². The third-order valence-electron chi connectivity index (χ3n) is 3.68. The van der Waals surface area contributed by atoms with E-state index < -0.39 is 0 Å². The van der Waals surface area contributed by atoms with Gasteiger partial charge in [-0.25, -0.2) is 0 Å². The summed E-state index contributed by atoms with van der Waals surface area (Å²) in [5, 5.41) is 0. The van der Waals surface area contributed by atoms with Crippen molar-refractivity contribution >= 4 is 0 Å². The Balaban J connectivity index is 2.10. The zero-order valence-corrected chi connectivity index (χ0v) is 12.5. The molecular weight excluding hydrogens is 224 g/mol. The van der Waals surface area contributed by atoms with E-state index in [0.29, 0.717) is 6.10 Å². The van der Waals surface area contributed by atoms with E-state index in [2.05, 4.69) is 33.8 Å². The van der Waals surface area contributed by atoms with Gasteiger partial charge in [0.05, 0.1) is 25.1 Å². The standard InChI is InChI=1S/C16H28O2/c1-13(9-10-15-16(3,4)18-15)7-6-8-14(2)11-12-17-5/h8,11-13,15H,6-7,9-10H2,1-5H3. The summed E-state index contributed by atoms with van der Waals surface area (Å²) in [6, 6.07) is 0. The first-order valence-corrected chi connectivity index (χ1v) is 6.99. The number of methoxy groups -OCH3 is 1. The van der Waals surface area contributed by atoms with Crippen LogP contribution in [-0.4, -0.2) is 18.8 Å². The first-order chi connectivity index (χ1) is 8.45. The number of epoxide rings is 1. The van der Waals surface area contributed by atoms with Gasteiger partial charge >= 0.3 is 0 Å². The quantitative estimate of drug-likeness (QED) is 0.361. The summed E-state index contributed by atoms with van der Waals surface area (Å²) in [4.78, 5) is 0. The SMILES string of the molecule is COC=CC(C)=CCCC(C)CCC1OC1(C)C. The molecular formula is C16H28O2. The fourth-order valence-corrected chi connectivity index (χ4v) is 2.16. The molecule has 1 fully saturated rings. The molecule has 0 amide bonds. The lowest BCUT2D eigenvalue weighted by molar-refractivity contribution is 0.313. The van der Waals surface area contributed by atoms with Gasteiger partial charge in [0.2, 0.25) is 0 Å². The zero-order chi connectivity index (χ0) is 13.6. The summed E-state index contributed by atoms with van der Waals surface area (Å²) in [5.41, 5.74) is 1.43. The molecule has 1 heterocycles. The lowest BCUT2D eigenvalue weighted by Crippen LogP contribution is -2.05. The van der Waals surface area contributed by atoms with Crippen molar-refractivity contribution in [1.29, 1.82) is 0 Å². The molecule has 2 heteroatoms. The Labute approximate surface area is 112 Å². The minimum atomic E-state index is 0.154. The van der Waals surface area contributed by atoms with Crippen LogP contribution in [0.15, 0.2) is 24.0 Å². The van der Waals surface area contributed by atoms with Gasteiger partial charge in [0.1, 0.15) is 0 Å². The molecule has 0 aromatic rings. The van der Waals surface area contributed by atoms with Gasteiger partial charge in [0.25, 0.3) is 0 Å². The van der Waals surface area contributed by atoms with E-state index in [0.717, 1.165) is 12.3 Å². The van der Waals surface area contributed by atoms with Gasteiger partial charge in [-0.05, 0) is 58.4 Å². The second-order valence-corrected chi connectivity index (χ2v) is 5.96. The Morgan fingerprint density at radius 3 is 2.61 bits per heavy atom. The van der Waals surface area contributed by atoms with Crippen LogP contribution in [0.3, 0.4) is 0 Å². The first kappa shape index (κ1) is 15.3. The highest BCUT2D eigenvalue weighted by atomic mass is 16.6. The molecule has 0 aromatic heterocycles. The summed E-state index contributed by atoms with van der Waals surface area (Å²) in [6.45, 7) is 8.80. The van der Waals surface area contributed by atoms with Crippen LogP contribution in [0.25, 0.3) is 0 Å². The molecule has 0 N–H and O–H groups in total. The smallest absolute Gasteiger partial charge is 0.0892 e. The van der Waals surface area contributed by atoms with Crippen LogP contribution >= 0.6 is 0 Å². The number of hydrogen-bond donors (Lipinski definition) is 0. The van der Waals surface area contributed by atoms with E-state index in [-0.39, 0.29) is 5.60 Å². The van der Waals surface area contributed by atoms with Crippen molar-refractivity contribution in [2.75, 3.05) is 7.11 Å². The molecule has 1 rings (SSSR count). The van der Waals surface area contributed by atoms with Crippen molar-refractivity contribution in [2.45, 2.75) is 65.1 Å². The van der Waals surface area contributed by atoms with E-state index in [1.54, 1.807) is 13.4 Å². The molecule has 0 saturated carbocycles. The van der Waals surface area contributed by atoms with E-state index in [9.17, 15) is 0 Å². The lowest BCUT2D eigenvalue weighted by atomic mass is 9.96. The van der Waals surface area contributed by atoms with Crippen molar-refractivity contribution < 1.29 is 9.47 Å². The molecule has 18 heavy (non-hydrogen) atoms. The fraction of sp³-hybridized carbons (Fsp3) is 0.750. The van der Waals surface area contributed by atoms with E-state index in [1.807, 2.05) is 6.08 Å². The minimum absolute atomic E-state index is 0.154. The van der Waals surface area contributed by atoms with Crippen LogP contribution in [0, 0.1) is 5.92 Å². The van der Waals surface area contributed by atoms with Crippen LogP contribution < -0.4 is 0 Å². The molecule has 104 valence electrons. The number of hydrogen-bond acceptors (Lipinski definition) is 2. The maximum absolute atomic E-state index is 5.61. The first-order valence-electron chi connectivity index (χ1n) is 6.99. The van der Waals surface area contributed by atoms with Gasteiger partial charge in [0.15, 0.2) is 0 Å². The van der Waals surface area contributed by atoms with Gasteiger partial charge in [-0.2, -0.15) is 0 Å². The van der Waals surface area contributed by atoms with Crippen LogP contribution in [-0.2, 0) is 9.47 Å². The molecule has 0 radical (unpaired) electrons. The van der Waals surface area contributed by atoms with E-state index in [4.69, 9.17) is 9.47 Å². The molecule has 1 saturated heterocycles. The Morgan fingerprint density at radius 1 is 1.39 bits per heavy atom. The van der Waals surface area contributed by atoms with Gasteiger partial charge in [-0.15, -0.1) is 0 Å². The Morgan fingerprint density at radius 2 is 2.06 bits per heavy atom. The largest absolute Gasteiger partial charge is 0.504 e. The Bertz CT molecular complexity index is 302. The summed E-state index contributed by atoms with van der Waals surface area (Å²) >= 11 is 0. The van der Waals surface area contributed by atoms with E-state index >= 15 is 0 Å². The summed E-state index contributed by atoms with van der Waals surface area (Å²) < 4.78 is 10.5. The maximum atomic E-state index is 5.61. The molecule has 0 aromatic carbocycles. The third-order valence-corrected chi connectivity index (χ3v) is 3.68. The van der Waals surface area contributed by atoms with Gasteiger partial charge in [0, 0.05) is 0 Å². The average Bonchev–Trinajstić information content (AvgIpc) is 2.92. The molecule has 1 aliphatic heterocycles. The van der Waals surface area contributed by atoms with E-state index in [1.165, 1.54) is 24.8 Å². The van der Waals surface area contributed by atoms with Crippen molar-refractivity contribution in [3.63, 3.8) is 0 Å². The average molecular weight is 252 g/mol. The monoisotopic (exact) mass is 252 g/mol. The Kier molecular flexibility index (Phi) is 5.94. The number of ether oxygens (including phenoxy) is 2. The van der Waals surface area contributed by atoms with Crippen molar-refractivity contribution in [2.24, 2.45) is 5.92 Å². The summed E-state index contributed by atoms with van der Waals surface area (Å²) in [5.74, 6) is 0.778. The third kappa shape index (κ3) is 5.72. The second kappa shape index (κ2) is 6.98. The van der Waals surface area contributed by atoms with Gasteiger partial charge in [-0.1, -0.05) is 18.6 Å². The summed E-state index contributed by atoms with van der Waals surface area (Å²) in [6.07, 6.45) is 11.4. The highest BCUT2D eigenvalue weighted by molar-refractivity contribution is 5.13. The zero-order valence-electron chi connectivity index (χ0n) is 12.5. The fourth-order valence-electron chi connectivity index (χ4n) is 2.16. The van der Waals surface area contributed by atoms with Crippen molar-refractivity contribution in [3.8, 4) is 0 Å². The molecule has 1 aliphatic rings. The van der Waals surface area contributed by atoms with Crippen molar-refractivity contribution in [1.82, 2.24) is 0 Å². The number of allylic oxidation sites excluding steroid dienone is 3. The molecule has 2 nitrogen and oxygen atoms in total. The molecule has 0 bridgehead atoms. The minimum Gasteiger partial charge on any atom is -0.504 e. The second-order valence-electron chi connectivity index (χ2n) is 5.96. The van der Waals surface area contributed by atoms with Gasteiger partial charge < -0.3 is 9.47 Å². The highest BCUT2D eigenvalue weighted by Gasteiger charge is 2.46. The predicted octanol–water partition coefficient (Wildman–Crippen LogP) is 4.47. The highest BCUT2D eigenvalue weighted by Crippen LogP contribution is 2.39. The van der Waals surface area contributed by atoms with Crippen LogP contribution in [0.4, 0.5) is 0 Å².